The minimum atomic E-state index is -3.51. The lowest BCUT2D eigenvalue weighted by Crippen LogP contribution is -2.52. The molecule has 0 spiro atoms. The van der Waals surface area contributed by atoms with Gasteiger partial charge >= 0.3 is 0 Å². The summed E-state index contributed by atoms with van der Waals surface area (Å²) in [7, 11) is -3.51. The molecule has 0 radical (unpaired) electrons. The lowest BCUT2D eigenvalue weighted by atomic mass is 10.3. The lowest BCUT2D eigenvalue weighted by molar-refractivity contribution is -0.0444. The first-order chi connectivity index (χ1) is 10.4. The van der Waals surface area contributed by atoms with Crippen LogP contribution in [0.15, 0.2) is 30.3 Å². The van der Waals surface area contributed by atoms with E-state index in [1.165, 1.54) is 4.31 Å². The summed E-state index contributed by atoms with van der Waals surface area (Å²) >= 11 is 0. The Morgan fingerprint density at radius 2 is 1.86 bits per heavy atom. The van der Waals surface area contributed by atoms with Crippen LogP contribution in [0, 0.1) is 0 Å². The predicted molar refractivity (Wildman–Crippen MR) is 85.0 cm³/mol. The second-order valence-electron chi connectivity index (χ2n) is 5.67. The molecule has 0 aliphatic carbocycles. The van der Waals surface area contributed by atoms with Gasteiger partial charge in [0, 0.05) is 19.6 Å². The third-order valence-corrected chi connectivity index (χ3v) is 4.87. The highest BCUT2D eigenvalue weighted by Gasteiger charge is 2.31. The molecule has 0 aromatic heterocycles. The van der Waals surface area contributed by atoms with Gasteiger partial charge in [-0.2, -0.15) is 17.4 Å². The van der Waals surface area contributed by atoms with Crippen LogP contribution in [-0.4, -0.2) is 50.7 Å². The van der Waals surface area contributed by atoms with Crippen LogP contribution in [0.25, 0.3) is 0 Å². The lowest BCUT2D eigenvalue weighted by Gasteiger charge is -2.34. The molecule has 3 unspecified atom stereocenters. The summed E-state index contributed by atoms with van der Waals surface area (Å²) in [4.78, 5) is 0. The highest BCUT2D eigenvalue weighted by Crippen LogP contribution is 2.14. The second kappa shape index (κ2) is 7.41. The third-order valence-electron chi connectivity index (χ3n) is 3.36. The van der Waals surface area contributed by atoms with Crippen molar-refractivity contribution in [2.75, 3.05) is 19.6 Å². The molecule has 124 valence electrons. The topological polar surface area (TPSA) is 67.9 Å². The van der Waals surface area contributed by atoms with Crippen LogP contribution in [0.4, 0.5) is 0 Å². The van der Waals surface area contributed by atoms with E-state index in [0.29, 0.717) is 13.1 Å². The van der Waals surface area contributed by atoms with E-state index in [1.54, 1.807) is 0 Å². The van der Waals surface area contributed by atoms with Crippen molar-refractivity contribution in [3.05, 3.63) is 30.3 Å². The Morgan fingerprint density at radius 1 is 1.27 bits per heavy atom. The molecule has 3 atom stereocenters. The molecule has 1 N–H and O–H groups in total. The molecule has 22 heavy (non-hydrogen) atoms. The molecule has 1 fully saturated rings. The molecule has 0 saturated carbocycles. The van der Waals surface area contributed by atoms with E-state index >= 15 is 0 Å². The van der Waals surface area contributed by atoms with E-state index < -0.39 is 10.2 Å². The number of para-hydroxylation sites is 1. The highest BCUT2D eigenvalue weighted by molar-refractivity contribution is 7.87. The monoisotopic (exact) mass is 328 g/mol. The number of morpholine rings is 1. The van der Waals surface area contributed by atoms with Gasteiger partial charge in [0.25, 0.3) is 10.2 Å². The van der Waals surface area contributed by atoms with Gasteiger partial charge in [-0.25, -0.2) is 0 Å². The maximum Gasteiger partial charge on any atom is 0.279 e. The first kappa shape index (κ1) is 17.2. The molecule has 1 heterocycles. The molecule has 7 heteroatoms. The van der Waals surface area contributed by atoms with Crippen molar-refractivity contribution in [1.29, 1.82) is 0 Å². The third kappa shape index (κ3) is 4.95. The van der Waals surface area contributed by atoms with Gasteiger partial charge in [-0.1, -0.05) is 18.2 Å². The Balaban J connectivity index is 1.86. The predicted octanol–water partition coefficient (Wildman–Crippen LogP) is 1.40. The standard InChI is InChI=1S/C15H24N2O4S/c1-12(21-15-7-5-4-6-8-15)9-16-22(18,19)17-10-13(2)20-14(3)11-17/h4-8,12-14,16H,9-11H2,1-3H3. The minimum absolute atomic E-state index is 0.0988. The van der Waals surface area contributed by atoms with Gasteiger partial charge < -0.3 is 9.47 Å². The van der Waals surface area contributed by atoms with Crippen molar-refractivity contribution in [3.63, 3.8) is 0 Å². The van der Waals surface area contributed by atoms with Crippen molar-refractivity contribution in [1.82, 2.24) is 9.03 Å². The average molecular weight is 328 g/mol. The van der Waals surface area contributed by atoms with Gasteiger partial charge in [0.05, 0.1) is 12.2 Å². The zero-order valence-corrected chi connectivity index (χ0v) is 14.0. The Hall–Kier alpha value is -1.15. The van der Waals surface area contributed by atoms with Crippen LogP contribution >= 0.6 is 0 Å². The van der Waals surface area contributed by atoms with Gasteiger partial charge in [0.1, 0.15) is 11.9 Å². The van der Waals surface area contributed by atoms with Crippen LogP contribution in [-0.2, 0) is 14.9 Å². The molecule has 1 aromatic rings. The summed E-state index contributed by atoms with van der Waals surface area (Å²) in [6.07, 6.45) is -0.454. The maximum atomic E-state index is 12.3. The number of hydrogen-bond acceptors (Lipinski definition) is 4. The summed E-state index contributed by atoms with van der Waals surface area (Å²) < 4.78 is 39.9. The van der Waals surface area contributed by atoms with Crippen molar-refractivity contribution < 1.29 is 17.9 Å². The fraction of sp³-hybridized carbons (Fsp3) is 0.600. The fourth-order valence-corrected chi connectivity index (χ4v) is 3.85. The van der Waals surface area contributed by atoms with Gasteiger partial charge in [-0.15, -0.1) is 0 Å². The normalized spacial score (nSPS) is 24.9. The Bertz CT molecular complexity index is 554. The number of ether oxygens (including phenoxy) is 2. The molecule has 6 nitrogen and oxygen atoms in total. The van der Waals surface area contributed by atoms with Crippen molar-refractivity contribution in [2.24, 2.45) is 0 Å². The van der Waals surface area contributed by atoms with Crippen LogP contribution in [0.1, 0.15) is 20.8 Å². The number of hydrogen-bond donors (Lipinski definition) is 1. The summed E-state index contributed by atoms with van der Waals surface area (Å²) in [6, 6.07) is 9.35. The number of nitrogens with zero attached hydrogens (tertiary/aromatic N) is 1. The van der Waals surface area contributed by atoms with E-state index in [1.807, 2.05) is 51.1 Å². The molecule has 1 aliphatic heterocycles. The van der Waals surface area contributed by atoms with E-state index in [0.717, 1.165) is 5.75 Å². The fourth-order valence-electron chi connectivity index (χ4n) is 2.41. The van der Waals surface area contributed by atoms with Crippen LogP contribution < -0.4 is 9.46 Å². The summed E-state index contributed by atoms with van der Waals surface area (Å²) in [5.41, 5.74) is 0. The highest BCUT2D eigenvalue weighted by atomic mass is 32.2. The van der Waals surface area contributed by atoms with Crippen molar-refractivity contribution in [3.8, 4) is 5.75 Å². The van der Waals surface area contributed by atoms with Crippen molar-refractivity contribution >= 4 is 10.2 Å². The van der Waals surface area contributed by atoms with E-state index in [4.69, 9.17) is 9.47 Å². The average Bonchev–Trinajstić information content (AvgIpc) is 2.45. The Morgan fingerprint density at radius 3 is 2.45 bits per heavy atom. The van der Waals surface area contributed by atoms with Crippen molar-refractivity contribution in [2.45, 2.75) is 39.1 Å². The second-order valence-corrected chi connectivity index (χ2v) is 7.42. The molecule has 0 bridgehead atoms. The van der Waals surface area contributed by atoms with E-state index in [9.17, 15) is 8.42 Å². The molecular weight excluding hydrogens is 304 g/mol. The Kier molecular flexibility index (Phi) is 5.80. The van der Waals surface area contributed by atoms with Gasteiger partial charge in [0.15, 0.2) is 0 Å². The van der Waals surface area contributed by atoms with E-state index in [-0.39, 0.29) is 24.9 Å². The molecular formula is C15H24N2O4S. The molecule has 1 aliphatic rings. The summed E-state index contributed by atoms with van der Waals surface area (Å²) in [5, 5.41) is 0. The molecule has 1 aromatic carbocycles. The zero-order valence-electron chi connectivity index (χ0n) is 13.2. The number of benzene rings is 1. The van der Waals surface area contributed by atoms with Crippen LogP contribution in [0.5, 0.6) is 5.75 Å². The van der Waals surface area contributed by atoms with Gasteiger partial charge in [-0.05, 0) is 32.9 Å². The van der Waals surface area contributed by atoms with Crippen LogP contribution in [0.3, 0.4) is 0 Å². The quantitative estimate of drug-likeness (QED) is 0.857. The van der Waals surface area contributed by atoms with Crippen LogP contribution in [0.2, 0.25) is 0 Å². The van der Waals surface area contributed by atoms with Gasteiger partial charge in [0.2, 0.25) is 0 Å². The summed E-state index contributed by atoms with van der Waals surface area (Å²) in [6.45, 7) is 6.54. The minimum Gasteiger partial charge on any atom is -0.489 e. The molecule has 0 amide bonds. The maximum absolute atomic E-state index is 12.3. The molecule has 2 rings (SSSR count). The summed E-state index contributed by atoms with van der Waals surface area (Å²) in [5.74, 6) is 0.725. The number of nitrogens with one attached hydrogen (secondary N) is 1. The smallest absolute Gasteiger partial charge is 0.279 e. The SMILES string of the molecule is CC(CNS(=O)(=O)N1CC(C)OC(C)C1)Oc1ccccc1. The van der Waals surface area contributed by atoms with Gasteiger partial charge in [-0.3, -0.25) is 0 Å². The first-order valence-electron chi connectivity index (χ1n) is 7.48. The molecule has 1 saturated heterocycles. The Labute approximate surface area is 132 Å². The first-order valence-corrected chi connectivity index (χ1v) is 8.92. The number of rotatable bonds is 6. The van der Waals surface area contributed by atoms with E-state index in [2.05, 4.69) is 4.72 Å². The zero-order chi connectivity index (χ0) is 16.2. The largest absolute Gasteiger partial charge is 0.489 e.